The summed E-state index contributed by atoms with van der Waals surface area (Å²) >= 11 is 17.3. The number of nitrogens with two attached hydrogens (primary N) is 1. The van der Waals surface area contributed by atoms with Gasteiger partial charge in [0.1, 0.15) is 33.7 Å². The van der Waals surface area contributed by atoms with Crippen molar-refractivity contribution in [2.75, 3.05) is 23.0 Å². The minimum atomic E-state index is 0. The molecule has 20 heteroatoms. The molecule has 0 amide bonds. The van der Waals surface area contributed by atoms with E-state index in [0.29, 0.717) is 28.8 Å². The van der Waals surface area contributed by atoms with Crippen LogP contribution in [0.4, 0.5) is 17.6 Å². The van der Waals surface area contributed by atoms with E-state index in [1.54, 1.807) is 12.3 Å². The smallest absolute Gasteiger partial charge is 0.226 e. The Hall–Kier alpha value is -4.85. The Balaban J connectivity index is 0.000000318. The molecule has 0 saturated carbocycles. The van der Waals surface area contributed by atoms with Gasteiger partial charge >= 0.3 is 0 Å². The number of nitrogens with one attached hydrogen (secondary N) is 6. The van der Waals surface area contributed by atoms with Gasteiger partial charge in [-0.05, 0) is 113 Å². The lowest BCUT2D eigenvalue weighted by Crippen LogP contribution is -2.10. The molecule has 0 fully saturated rings. The van der Waals surface area contributed by atoms with Crippen molar-refractivity contribution in [2.24, 2.45) is 5.73 Å². The van der Waals surface area contributed by atoms with Crippen molar-refractivity contribution in [1.82, 2.24) is 44.9 Å². The molecule has 12 rings (SSSR count). The summed E-state index contributed by atoms with van der Waals surface area (Å²) in [7, 11) is 1.83. The van der Waals surface area contributed by atoms with Crippen molar-refractivity contribution in [1.29, 1.82) is 0 Å². The topological polar surface area (TPSA) is 187 Å². The number of thiol groups is 1. The molecule has 0 bridgehead atoms. The quantitative estimate of drug-likeness (QED) is 0.0376. The van der Waals surface area contributed by atoms with Gasteiger partial charge in [0.05, 0.1) is 28.2 Å². The third-order valence-corrected chi connectivity index (χ3v) is 12.1. The van der Waals surface area contributed by atoms with Crippen molar-refractivity contribution >= 4 is 139 Å². The van der Waals surface area contributed by atoms with Crippen LogP contribution >= 0.6 is 75.3 Å². The molecule has 8 N–H and O–H groups in total. The van der Waals surface area contributed by atoms with Gasteiger partial charge in [-0.1, -0.05) is 107 Å². The number of aromatic nitrogens is 9. The molecule has 3 atom stereocenters. The SMILES string of the molecule is C.C.C.CNc1nc(N[C@H]2CCc3ccccc32)c2cc[nH]c2n1.Clc1nc(Cl)c2cc[nH]c2n1.Clc1nc(N[C@H]2CCc3ccccc32)c2cc[nH]c2n1.N[C@H]1CCc2ccccc21.S.S.S.[SH-]. The average Bonchev–Trinajstić information content (AvgIpc) is 4.16. The number of aryl methyl sites for hydroxylation is 3. The maximum absolute atomic E-state index is 5.98. The fraction of sp³-hybridized carbons (Fsp3) is 0.265. The third kappa shape index (κ3) is 13.7. The predicted octanol–water partition coefficient (Wildman–Crippen LogP) is 12.7. The summed E-state index contributed by atoms with van der Waals surface area (Å²) in [6.07, 6.45) is 12.2. The zero-order valence-corrected chi connectivity index (χ0v) is 41.9. The van der Waals surface area contributed by atoms with Gasteiger partial charge in [0.15, 0.2) is 0 Å². The summed E-state index contributed by atoms with van der Waals surface area (Å²) in [5.74, 6) is 2.30. The molecule has 0 radical (unpaired) electrons. The molecule has 6 aromatic heterocycles. The van der Waals surface area contributed by atoms with Gasteiger partial charge in [-0.3, -0.25) is 0 Å². The molecule has 3 aliphatic rings. The van der Waals surface area contributed by atoms with Gasteiger partial charge in [0, 0.05) is 31.7 Å². The number of hydrogen-bond donors (Lipinski definition) is 7. The van der Waals surface area contributed by atoms with Crippen LogP contribution in [-0.4, -0.2) is 51.9 Å². The van der Waals surface area contributed by atoms with E-state index in [0.717, 1.165) is 77.6 Å². The van der Waals surface area contributed by atoms with Gasteiger partial charge in [0.25, 0.3) is 0 Å². The lowest BCUT2D eigenvalue weighted by molar-refractivity contribution is 0.713. The van der Waals surface area contributed by atoms with E-state index < -0.39 is 0 Å². The predicted molar refractivity (Wildman–Crippen MR) is 310 cm³/mol. The summed E-state index contributed by atoms with van der Waals surface area (Å²) in [5.41, 5.74) is 16.5. The van der Waals surface area contributed by atoms with E-state index in [9.17, 15) is 0 Å². The number of hydrogen-bond acceptors (Lipinski definition) is 11. The van der Waals surface area contributed by atoms with Crippen molar-refractivity contribution in [3.63, 3.8) is 0 Å². The second-order valence-corrected chi connectivity index (χ2v) is 16.2. The maximum Gasteiger partial charge on any atom is 0.226 e. The highest BCUT2D eigenvalue weighted by Crippen LogP contribution is 2.36. The molecule has 69 heavy (non-hydrogen) atoms. The van der Waals surface area contributed by atoms with E-state index in [1.807, 2.05) is 31.6 Å². The molecule has 0 unspecified atom stereocenters. The number of nitrogens with zero attached hydrogens (tertiary/aromatic N) is 6. The van der Waals surface area contributed by atoms with Crippen molar-refractivity contribution in [2.45, 2.75) is 78.9 Å². The van der Waals surface area contributed by atoms with Crippen LogP contribution in [0.25, 0.3) is 33.1 Å². The van der Waals surface area contributed by atoms with Crippen LogP contribution in [0.3, 0.4) is 0 Å². The van der Waals surface area contributed by atoms with Crippen molar-refractivity contribution < 1.29 is 0 Å². The zero-order valence-electron chi connectivity index (χ0n) is 35.7. The summed E-state index contributed by atoms with van der Waals surface area (Å²) in [6.45, 7) is 0. The van der Waals surface area contributed by atoms with Crippen molar-refractivity contribution in [3.05, 3.63) is 159 Å². The number of H-pyrrole nitrogens is 3. The minimum Gasteiger partial charge on any atom is -0.813 e. The Kier molecular flexibility index (Phi) is 24.0. The Morgan fingerprint density at radius 2 is 0.913 bits per heavy atom. The highest BCUT2D eigenvalue weighted by atomic mass is 35.5. The normalized spacial score (nSPS) is 15.2. The Morgan fingerprint density at radius 1 is 0.507 bits per heavy atom. The van der Waals surface area contributed by atoms with Crippen LogP contribution < -0.4 is 21.7 Å². The second-order valence-electron chi connectivity index (χ2n) is 15.2. The molecule has 0 spiro atoms. The molecule has 370 valence electrons. The first kappa shape index (κ1) is 60.3. The largest absolute Gasteiger partial charge is 0.813 e. The second kappa shape index (κ2) is 27.5. The van der Waals surface area contributed by atoms with E-state index in [1.165, 1.54) is 33.4 Å². The Bertz CT molecular complexity index is 3000. The van der Waals surface area contributed by atoms with Gasteiger partial charge in [0.2, 0.25) is 16.5 Å². The average molecular weight is 1070 g/mol. The molecular formula is C49H63Cl3N13S4-. The zero-order chi connectivity index (χ0) is 42.6. The van der Waals surface area contributed by atoms with Crippen LogP contribution in [0.5, 0.6) is 0 Å². The number of aromatic amines is 3. The van der Waals surface area contributed by atoms with Crippen LogP contribution in [-0.2, 0) is 32.8 Å². The van der Waals surface area contributed by atoms with E-state index in [2.05, 4.69) is 134 Å². The number of halogens is 3. The Labute approximate surface area is 447 Å². The number of fused-ring (bicyclic) bond motifs is 6. The van der Waals surface area contributed by atoms with Crippen LogP contribution in [0.15, 0.2) is 110 Å². The molecule has 3 aromatic carbocycles. The van der Waals surface area contributed by atoms with Gasteiger partial charge in [-0.15, -0.1) is 0 Å². The number of benzene rings is 3. The highest BCUT2D eigenvalue weighted by Gasteiger charge is 2.25. The molecule has 13 nitrogen and oxygen atoms in total. The molecule has 3 aliphatic carbocycles. The van der Waals surface area contributed by atoms with Crippen LogP contribution in [0, 0.1) is 0 Å². The fourth-order valence-electron chi connectivity index (χ4n) is 8.40. The highest BCUT2D eigenvalue weighted by molar-refractivity contribution is 7.59. The van der Waals surface area contributed by atoms with Crippen molar-refractivity contribution in [3.8, 4) is 0 Å². The first-order valence-electron chi connectivity index (χ1n) is 20.5. The number of anilines is 3. The molecule has 9 aromatic rings. The fourth-order valence-corrected chi connectivity index (χ4v) is 9.01. The van der Waals surface area contributed by atoms with E-state index in [4.69, 9.17) is 40.5 Å². The number of rotatable bonds is 5. The standard InChI is InChI=1S/C16H17N5.C15H13ClN4.C9H11N.C6H3Cl2N3.3CH4.4H2S/c1-17-16-20-14-12(8-9-18-14)15(21-16)19-13-7-6-10-4-2-3-5-11(10)13;16-15-19-13-11(7-8-17-13)14(20-15)18-12-6-5-9-3-1-2-4-10(9)12;10-9-6-5-7-3-1-2-4-8(7)9;7-4-3-1-2-9-5(3)11-6(8)10-4;;;;;;;/h2-5,8-9,13H,6-7H2,1H3,(H3,17,18,19,20,21);1-4,7-8,12H,5-6H2,(H2,17,18,19,20);1-4,9H,5-6,10H2;1-2H,(H,9,10,11);3*1H4;4*1H2/p-1/t13-;12-;9-;;;;;;;;/m000......../s1. The lowest BCUT2D eigenvalue weighted by Gasteiger charge is -2.16. The van der Waals surface area contributed by atoms with Crippen LogP contribution in [0.1, 0.15) is 93.0 Å². The monoisotopic (exact) mass is 1070 g/mol. The minimum absolute atomic E-state index is 0. The Morgan fingerprint density at radius 3 is 1.42 bits per heavy atom. The van der Waals surface area contributed by atoms with Gasteiger partial charge in [-0.25, -0.2) is 9.97 Å². The summed E-state index contributed by atoms with van der Waals surface area (Å²) < 4.78 is 0. The summed E-state index contributed by atoms with van der Waals surface area (Å²) in [6, 6.07) is 32.3. The molecule has 0 saturated heterocycles. The van der Waals surface area contributed by atoms with Crippen LogP contribution in [0.2, 0.25) is 15.7 Å². The van der Waals surface area contributed by atoms with Gasteiger partial charge < -0.3 is 50.1 Å². The maximum atomic E-state index is 5.98. The van der Waals surface area contributed by atoms with E-state index >= 15 is 0 Å². The third-order valence-electron chi connectivity index (χ3n) is 11.4. The first-order chi connectivity index (χ1) is 30.3. The summed E-state index contributed by atoms with van der Waals surface area (Å²) in [4.78, 5) is 34.3. The molecule has 6 heterocycles. The molecular weight excluding hydrogens is 1010 g/mol. The lowest BCUT2D eigenvalue weighted by atomic mass is 10.1. The first-order valence-corrected chi connectivity index (χ1v) is 21.7. The van der Waals surface area contributed by atoms with Gasteiger partial charge in [-0.2, -0.15) is 60.4 Å². The summed E-state index contributed by atoms with van der Waals surface area (Å²) in [5, 5.41) is 13.7. The molecule has 0 aliphatic heterocycles. The van der Waals surface area contributed by atoms with E-state index in [-0.39, 0.29) is 92.9 Å².